The van der Waals surface area contributed by atoms with E-state index in [1.54, 1.807) is 17.5 Å². The van der Waals surface area contributed by atoms with Crippen LogP contribution in [0.3, 0.4) is 0 Å². The van der Waals surface area contributed by atoms with Crippen LogP contribution in [-0.2, 0) is 17.5 Å². The minimum Gasteiger partial charge on any atom is -0.341 e. The molecule has 0 radical (unpaired) electrons. The van der Waals surface area contributed by atoms with Gasteiger partial charge in [-0.1, -0.05) is 24.3 Å². The van der Waals surface area contributed by atoms with E-state index < -0.39 is 11.7 Å². The molecule has 1 aromatic heterocycles. The van der Waals surface area contributed by atoms with Crippen LogP contribution in [0.4, 0.5) is 13.2 Å². The van der Waals surface area contributed by atoms with Gasteiger partial charge in [-0.3, -0.25) is 9.59 Å². The Labute approximate surface area is 141 Å². The van der Waals surface area contributed by atoms with Gasteiger partial charge in [0.05, 0.1) is 10.4 Å². The number of hydrogen-bond donors (Lipinski definition) is 0. The maximum atomic E-state index is 13.0. The third kappa shape index (κ3) is 4.67. The number of ketones is 1. The first-order valence-electron chi connectivity index (χ1n) is 7.25. The van der Waals surface area contributed by atoms with Crippen molar-refractivity contribution in [2.45, 2.75) is 25.6 Å². The van der Waals surface area contributed by atoms with Crippen molar-refractivity contribution in [3.8, 4) is 0 Å². The van der Waals surface area contributed by atoms with Crippen molar-refractivity contribution < 1.29 is 22.8 Å². The summed E-state index contributed by atoms with van der Waals surface area (Å²) in [6.07, 6.45) is -4.44. The Bertz CT molecular complexity index is 711. The molecule has 0 aliphatic carbocycles. The van der Waals surface area contributed by atoms with E-state index in [2.05, 4.69) is 0 Å². The number of alkyl halides is 3. The number of hydrogen-bond acceptors (Lipinski definition) is 3. The lowest BCUT2D eigenvalue weighted by molar-refractivity contribution is -0.139. The Hall–Kier alpha value is -2.15. The van der Waals surface area contributed by atoms with E-state index in [0.717, 1.165) is 6.07 Å². The average molecular weight is 355 g/mol. The van der Waals surface area contributed by atoms with Gasteiger partial charge in [-0.2, -0.15) is 13.2 Å². The molecule has 7 heteroatoms. The Morgan fingerprint density at radius 2 is 1.79 bits per heavy atom. The summed E-state index contributed by atoms with van der Waals surface area (Å²) in [4.78, 5) is 25.7. The van der Waals surface area contributed by atoms with Gasteiger partial charge < -0.3 is 4.90 Å². The van der Waals surface area contributed by atoms with E-state index in [0.29, 0.717) is 4.88 Å². The van der Waals surface area contributed by atoms with E-state index in [1.807, 2.05) is 0 Å². The standard InChI is InChI=1S/C17H16F3NO2S/c1-21(11-12-5-2-3-6-13(12)17(18,19)20)16(23)9-8-14(22)15-7-4-10-24-15/h2-7,10H,8-9,11H2,1H3. The number of thiophene rings is 1. The van der Waals surface area contributed by atoms with Crippen LogP contribution in [0.15, 0.2) is 41.8 Å². The topological polar surface area (TPSA) is 37.4 Å². The molecule has 24 heavy (non-hydrogen) atoms. The Morgan fingerprint density at radius 1 is 1.08 bits per heavy atom. The molecular formula is C17H16F3NO2S. The second-order valence-electron chi connectivity index (χ2n) is 5.31. The van der Waals surface area contributed by atoms with E-state index in [4.69, 9.17) is 0 Å². The molecular weight excluding hydrogens is 339 g/mol. The smallest absolute Gasteiger partial charge is 0.341 e. The molecule has 0 fully saturated rings. The quantitative estimate of drug-likeness (QED) is 0.721. The third-order valence-corrected chi connectivity index (χ3v) is 4.43. The molecule has 0 atom stereocenters. The predicted octanol–water partition coefficient (Wildman–Crippen LogP) is 4.39. The fourth-order valence-corrected chi connectivity index (χ4v) is 2.94. The summed E-state index contributed by atoms with van der Waals surface area (Å²) in [5.41, 5.74) is -0.718. The van der Waals surface area contributed by atoms with Crippen LogP contribution in [0.25, 0.3) is 0 Å². The summed E-state index contributed by atoms with van der Waals surface area (Å²) in [6, 6.07) is 8.59. The maximum Gasteiger partial charge on any atom is 0.416 e. The van der Waals surface area contributed by atoms with Gasteiger partial charge in [0.15, 0.2) is 5.78 Å². The number of rotatable bonds is 6. The predicted molar refractivity (Wildman–Crippen MR) is 85.8 cm³/mol. The average Bonchev–Trinajstić information content (AvgIpc) is 3.06. The largest absolute Gasteiger partial charge is 0.416 e. The monoisotopic (exact) mass is 355 g/mol. The van der Waals surface area contributed by atoms with Crippen molar-refractivity contribution in [2.24, 2.45) is 0 Å². The number of benzene rings is 1. The lowest BCUT2D eigenvalue weighted by Gasteiger charge is -2.20. The molecule has 0 aliphatic rings. The molecule has 0 saturated carbocycles. The number of Topliss-reactive ketones (excluding diaryl/α,β-unsaturated/α-hetero) is 1. The maximum absolute atomic E-state index is 13.0. The van der Waals surface area contributed by atoms with Crippen LogP contribution in [0, 0.1) is 0 Å². The van der Waals surface area contributed by atoms with Gasteiger partial charge in [-0.15, -0.1) is 11.3 Å². The third-order valence-electron chi connectivity index (χ3n) is 3.52. The second-order valence-corrected chi connectivity index (χ2v) is 6.25. The molecule has 0 aliphatic heterocycles. The summed E-state index contributed by atoms with van der Waals surface area (Å²) in [5.74, 6) is -0.501. The van der Waals surface area contributed by atoms with Crippen LogP contribution < -0.4 is 0 Å². The first-order chi connectivity index (χ1) is 11.3. The van der Waals surface area contributed by atoms with E-state index >= 15 is 0 Å². The zero-order chi connectivity index (χ0) is 17.7. The highest BCUT2D eigenvalue weighted by Gasteiger charge is 2.33. The minimum atomic E-state index is -4.46. The van der Waals surface area contributed by atoms with Crippen LogP contribution in [-0.4, -0.2) is 23.6 Å². The van der Waals surface area contributed by atoms with Gasteiger partial charge in [0.2, 0.25) is 5.91 Å². The van der Waals surface area contributed by atoms with E-state index in [-0.39, 0.29) is 36.6 Å². The molecule has 1 aromatic carbocycles. The number of nitrogens with zero attached hydrogens (tertiary/aromatic N) is 1. The summed E-state index contributed by atoms with van der Waals surface area (Å²) in [5, 5.41) is 1.77. The highest BCUT2D eigenvalue weighted by molar-refractivity contribution is 7.12. The van der Waals surface area contributed by atoms with Crippen molar-refractivity contribution in [3.05, 3.63) is 57.8 Å². The van der Waals surface area contributed by atoms with Gasteiger partial charge in [-0.25, -0.2) is 0 Å². The summed E-state index contributed by atoms with van der Waals surface area (Å²) in [7, 11) is 1.44. The molecule has 128 valence electrons. The zero-order valence-electron chi connectivity index (χ0n) is 13.0. The van der Waals surface area contributed by atoms with Gasteiger partial charge in [0.1, 0.15) is 0 Å². The zero-order valence-corrected chi connectivity index (χ0v) is 13.8. The first-order valence-corrected chi connectivity index (χ1v) is 8.13. The highest BCUT2D eigenvalue weighted by Crippen LogP contribution is 2.32. The fourth-order valence-electron chi connectivity index (χ4n) is 2.25. The number of amides is 1. The molecule has 0 saturated heterocycles. The van der Waals surface area contributed by atoms with Crippen molar-refractivity contribution >= 4 is 23.0 Å². The fraction of sp³-hybridized carbons (Fsp3) is 0.294. The molecule has 1 amide bonds. The second kappa shape index (κ2) is 7.61. The first kappa shape index (κ1) is 18.2. The van der Waals surface area contributed by atoms with Crippen molar-refractivity contribution in [1.82, 2.24) is 4.90 Å². The molecule has 2 aromatic rings. The molecule has 0 bridgehead atoms. The molecule has 2 rings (SSSR count). The molecule has 0 N–H and O–H groups in total. The van der Waals surface area contributed by atoms with Crippen molar-refractivity contribution in [2.75, 3.05) is 7.05 Å². The molecule has 1 heterocycles. The minimum absolute atomic E-state index is 0.0264. The highest BCUT2D eigenvalue weighted by atomic mass is 32.1. The lowest BCUT2D eigenvalue weighted by atomic mass is 10.1. The summed E-state index contributed by atoms with van der Waals surface area (Å²) >= 11 is 1.30. The lowest BCUT2D eigenvalue weighted by Crippen LogP contribution is -2.27. The van der Waals surface area contributed by atoms with Crippen LogP contribution in [0.5, 0.6) is 0 Å². The number of carbonyl (C=O) groups is 2. The normalized spacial score (nSPS) is 11.3. The van der Waals surface area contributed by atoms with Crippen LogP contribution >= 0.6 is 11.3 Å². The summed E-state index contributed by atoms with van der Waals surface area (Å²) in [6.45, 7) is -0.151. The Kier molecular flexibility index (Phi) is 5.77. The number of carbonyl (C=O) groups excluding carboxylic acids is 2. The van der Waals surface area contributed by atoms with Crippen LogP contribution in [0.1, 0.15) is 33.6 Å². The van der Waals surface area contributed by atoms with Gasteiger partial charge in [0, 0.05) is 26.4 Å². The van der Waals surface area contributed by atoms with E-state index in [9.17, 15) is 22.8 Å². The Balaban J connectivity index is 1.96. The van der Waals surface area contributed by atoms with Crippen molar-refractivity contribution in [3.63, 3.8) is 0 Å². The van der Waals surface area contributed by atoms with Crippen molar-refractivity contribution in [1.29, 1.82) is 0 Å². The SMILES string of the molecule is CN(Cc1ccccc1C(F)(F)F)C(=O)CCC(=O)c1cccs1. The van der Waals surface area contributed by atoms with Gasteiger partial charge >= 0.3 is 6.18 Å². The Morgan fingerprint density at radius 3 is 2.42 bits per heavy atom. The summed E-state index contributed by atoms with van der Waals surface area (Å²) < 4.78 is 38.9. The molecule has 3 nitrogen and oxygen atoms in total. The number of halogens is 3. The molecule has 0 spiro atoms. The van der Waals surface area contributed by atoms with E-state index in [1.165, 1.54) is 41.5 Å². The van der Waals surface area contributed by atoms with Gasteiger partial charge in [-0.05, 0) is 23.1 Å². The van der Waals surface area contributed by atoms with Crippen LogP contribution in [0.2, 0.25) is 0 Å². The molecule has 0 unspecified atom stereocenters. The van der Waals surface area contributed by atoms with Gasteiger partial charge in [0.25, 0.3) is 0 Å².